The fourth-order valence-electron chi connectivity index (χ4n) is 2.05. The van der Waals surface area contributed by atoms with Crippen LogP contribution in [0.15, 0.2) is 0 Å². The zero-order valence-corrected chi connectivity index (χ0v) is 13.6. The Labute approximate surface area is 126 Å². The summed E-state index contributed by atoms with van der Waals surface area (Å²) in [6, 6.07) is 0. The number of aromatic nitrogens is 3. The van der Waals surface area contributed by atoms with Crippen LogP contribution in [-0.4, -0.2) is 56.9 Å². The predicted molar refractivity (Wildman–Crippen MR) is 80.5 cm³/mol. The molecule has 1 amide bonds. The minimum Gasteiger partial charge on any atom is -0.391 e. The van der Waals surface area contributed by atoms with Crippen molar-refractivity contribution in [1.82, 2.24) is 25.0 Å². The lowest BCUT2D eigenvalue weighted by atomic mass is 10.1. The lowest BCUT2D eigenvalue weighted by Crippen LogP contribution is -2.39. The van der Waals surface area contributed by atoms with Gasteiger partial charge in [-0.1, -0.05) is 13.8 Å². The molecular weight excluding hydrogens is 270 g/mol. The van der Waals surface area contributed by atoms with Crippen molar-refractivity contribution in [1.29, 1.82) is 0 Å². The first-order chi connectivity index (χ1) is 9.79. The van der Waals surface area contributed by atoms with E-state index in [1.807, 2.05) is 44.3 Å². The monoisotopic (exact) mass is 297 g/mol. The first-order valence-corrected chi connectivity index (χ1v) is 7.27. The number of aliphatic hydroxyl groups is 1. The summed E-state index contributed by atoms with van der Waals surface area (Å²) in [5, 5.41) is 20.5. The van der Waals surface area contributed by atoms with Crippen LogP contribution in [0.25, 0.3) is 0 Å². The molecule has 21 heavy (non-hydrogen) atoms. The fourth-order valence-corrected chi connectivity index (χ4v) is 2.05. The molecule has 7 heteroatoms. The van der Waals surface area contributed by atoms with E-state index in [0.29, 0.717) is 25.4 Å². The molecule has 0 saturated heterocycles. The Morgan fingerprint density at radius 2 is 2.10 bits per heavy atom. The molecule has 1 rings (SSSR count). The van der Waals surface area contributed by atoms with E-state index < -0.39 is 6.10 Å². The number of likely N-dealkylation sites (N-methyl/N-ethyl adjacent to an activating group) is 1. The molecule has 0 aromatic carbocycles. The second kappa shape index (κ2) is 8.09. The summed E-state index contributed by atoms with van der Waals surface area (Å²) in [6.07, 6.45) is 0.203. The predicted octanol–water partition coefficient (Wildman–Crippen LogP) is 0.0785. The van der Waals surface area contributed by atoms with Crippen molar-refractivity contribution in [3.8, 4) is 0 Å². The van der Waals surface area contributed by atoms with Gasteiger partial charge in [-0.3, -0.25) is 9.69 Å². The molecular formula is C14H27N5O2. The van der Waals surface area contributed by atoms with E-state index in [4.69, 9.17) is 0 Å². The third-order valence-electron chi connectivity index (χ3n) is 3.29. The highest BCUT2D eigenvalue weighted by molar-refractivity contribution is 5.77. The van der Waals surface area contributed by atoms with E-state index in [1.54, 1.807) is 0 Å². The maximum atomic E-state index is 11.8. The van der Waals surface area contributed by atoms with Gasteiger partial charge in [0.1, 0.15) is 11.6 Å². The Balaban J connectivity index is 2.32. The fraction of sp³-hybridized carbons (Fsp3) is 0.786. The lowest BCUT2D eigenvalue weighted by Gasteiger charge is -2.17. The molecule has 1 atom stereocenters. The second-order valence-electron chi connectivity index (χ2n) is 5.98. The van der Waals surface area contributed by atoms with Gasteiger partial charge in [0.2, 0.25) is 5.91 Å². The molecule has 1 unspecified atom stereocenters. The summed E-state index contributed by atoms with van der Waals surface area (Å²) in [6.45, 7) is 7.09. The molecule has 0 spiro atoms. The number of aliphatic hydroxyl groups excluding tert-OH is 1. The molecule has 1 aromatic rings. The van der Waals surface area contributed by atoms with Crippen molar-refractivity contribution in [2.75, 3.05) is 20.1 Å². The van der Waals surface area contributed by atoms with Crippen molar-refractivity contribution in [3.63, 3.8) is 0 Å². The second-order valence-corrected chi connectivity index (χ2v) is 5.98. The maximum absolute atomic E-state index is 11.8. The summed E-state index contributed by atoms with van der Waals surface area (Å²) >= 11 is 0. The van der Waals surface area contributed by atoms with Gasteiger partial charge < -0.3 is 15.0 Å². The topological polar surface area (TPSA) is 83.3 Å². The zero-order valence-electron chi connectivity index (χ0n) is 13.6. The van der Waals surface area contributed by atoms with Gasteiger partial charge in [0, 0.05) is 13.6 Å². The molecule has 0 aliphatic rings. The SMILES string of the molecule is Cc1nnc(CN(C)CC(=O)NCC(O)CC(C)C)n1C. The van der Waals surface area contributed by atoms with Crippen LogP contribution >= 0.6 is 0 Å². The van der Waals surface area contributed by atoms with E-state index in [2.05, 4.69) is 15.5 Å². The van der Waals surface area contributed by atoms with Crippen molar-refractivity contribution in [2.24, 2.45) is 13.0 Å². The van der Waals surface area contributed by atoms with E-state index in [1.165, 1.54) is 0 Å². The molecule has 7 nitrogen and oxygen atoms in total. The van der Waals surface area contributed by atoms with Crippen molar-refractivity contribution >= 4 is 5.91 Å². The largest absolute Gasteiger partial charge is 0.391 e. The smallest absolute Gasteiger partial charge is 0.234 e. The first kappa shape index (κ1) is 17.6. The van der Waals surface area contributed by atoms with Gasteiger partial charge in [-0.25, -0.2) is 0 Å². The van der Waals surface area contributed by atoms with E-state index in [0.717, 1.165) is 11.6 Å². The molecule has 0 aliphatic carbocycles. The van der Waals surface area contributed by atoms with E-state index in [-0.39, 0.29) is 12.5 Å². The van der Waals surface area contributed by atoms with Gasteiger partial charge in [-0.2, -0.15) is 0 Å². The number of amides is 1. The highest BCUT2D eigenvalue weighted by atomic mass is 16.3. The maximum Gasteiger partial charge on any atom is 0.234 e. The molecule has 2 N–H and O–H groups in total. The molecule has 0 fully saturated rings. The Bertz CT molecular complexity index is 458. The number of carbonyl (C=O) groups is 1. The summed E-state index contributed by atoms with van der Waals surface area (Å²) in [5.41, 5.74) is 0. The van der Waals surface area contributed by atoms with Crippen LogP contribution in [0.5, 0.6) is 0 Å². The Morgan fingerprint density at radius 1 is 1.43 bits per heavy atom. The molecule has 120 valence electrons. The third-order valence-corrected chi connectivity index (χ3v) is 3.29. The molecule has 0 saturated carbocycles. The van der Waals surface area contributed by atoms with Gasteiger partial charge in [-0.15, -0.1) is 10.2 Å². The molecule has 0 aliphatic heterocycles. The lowest BCUT2D eigenvalue weighted by molar-refractivity contribution is -0.122. The van der Waals surface area contributed by atoms with Crippen LogP contribution in [-0.2, 0) is 18.4 Å². The van der Waals surface area contributed by atoms with Crippen molar-refractivity contribution in [2.45, 2.75) is 39.8 Å². The average Bonchev–Trinajstić information content (AvgIpc) is 2.67. The van der Waals surface area contributed by atoms with Crippen LogP contribution in [0.2, 0.25) is 0 Å². The minimum absolute atomic E-state index is 0.0980. The average molecular weight is 297 g/mol. The first-order valence-electron chi connectivity index (χ1n) is 7.27. The number of rotatable bonds is 8. The van der Waals surface area contributed by atoms with Gasteiger partial charge in [-0.05, 0) is 26.3 Å². The number of hydrogen-bond donors (Lipinski definition) is 2. The van der Waals surface area contributed by atoms with Crippen LogP contribution < -0.4 is 5.32 Å². The Morgan fingerprint density at radius 3 is 2.62 bits per heavy atom. The van der Waals surface area contributed by atoms with Crippen LogP contribution in [0.3, 0.4) is 0 Å². The molecule has 0 radical (unpaired) electrons. The summed E-state index contributed by atoms with van der Waals surface area (Å²) in [4.78, 5) is 13.7. The summed E-state index contributed by atoms with van der Waals surface area (Å²) < 4.78 is 1.90. The summed E-state index contributed by atoms with van der Waals surface area (Å²) in [5.74, 6) is 1.99. The van der Waals surface area contributed by atoms with Crippen LogP contribution in [0, 0.1) is 12.8 Å². The summed E-state index contributed by atoms with van der Waals surface area (Å²) in [7, 11) is 3.76. The van der Waals surface area contributed by atoms with E-state index >= 15 is 0 Å². The van der Waals surface area contributed by atoms with Crippen LogP contribution in [0.1, 0.15) is 31.9 Å². The number of nitrogens with one attached hydrogen (secondary N) is 1. The highest BCUT2D eigenvalue weighted by Gasteiger charge is 2.13. The van der Waals surface area contributed by atoms with Gasteiger partial charge in [0.05, 0.1) is 19.2 Å². The molecule has 1 aromatic heterocycles. The van der Waals surface area contributed by atoms with Gasteiger partial charge in [0.25, 0.3) is 0 Å². The Hall–Kier alpha value is -1.47. The number of hydrogen-bond acceptors (Lipinski definition) is 5. The number of carbonyl (C=O) groups excluding carboxylic acids is 1. The van der Waals surface area contributed by atoms with Crippen molar-refractivity contribution < 1.29 is 9.90 Å². The van der Waals surface area contributed by atoms with Gasteiger partial charge in [0.15, 0.2) is 0 Å². The Kier molecular flexibility index (Phi) is 6.77. The number of aryl methyl sites for hydroxylation is 1. The standard InChI is InChI=1S/C14H27N5O2/c1-10(2)6-12(20)7-15-14(21)9-18(4)8-13-17-16-11(3)19(13)5/h10,12,20H,6-9H2,1-5H3,(H,15,21). The quantitative estimate of drug-likeness (QED) is 0.710. The molecule has 1 heterocycles. The molecule has 0 bridgehead atoms. The third kappa shape index (κ3) is 6.22. The van der Waals surface area contributed by atoms with Crippen molar-refractivity contribution in [3.05, 3.63) is 11.6 Å². The normalized spacial score (nSPS) is 13.0. The highest BCUT2D eigenvalue weighted by Crippen LogP contribution is 2.03. The van der Waals surface area contributed by atoms with Gasteiger partial charge >= 0.3 is 0 Å². The van der Waals surface area contributed by atoms with Crippen LogP contribution in [0.4, 0.5) is 0 Å². The number of nitrogens with zero attached hydrogens (tertiary/aromatic N) is 4. The van der Waals surface area contributed by atoms with E-state index in [9.17, 15) is 9.90 Å². The minimum atomic E-state index is -0.486. The zero-order chi connectivity index (χ0) is 16.0.